The van der Waals surface area contributed by atoms with E-state index >= 15 is 0 Å². The molecule has 0 aromatic carbocycles. The number of dihydropyridines is 1. The maximum atomic E-state index is 12.3. The van der Waals surface area contributed by atoms with Crippen molar-refractivity contribution in [1.82, 2.24) is 5.32 Å². The largest absolute Gasteiger partial charge is 0.377 e. The lowest BCUT2D eigenvalue weighted by Crippen LogP contribution is -2.13. The van der Waals surface area contributed by atoms with Gasteiger partial charge in [-0.2, -0.15) is 0 Å². The minimum absolute atomic E-state index is 0.187. The van der Waals surface area contributed by atoms with Crippen LogP contribution in [0.5, 0.6) is 0 Å². The number of nitrogens with one attached hydrogen (secondary N) is 1. The van der Waals surface area contributed by atoms with Crippen LogP contribution in [0, 0.1) is 6.04 Å². The predicted molar refractivity (Wildman–Crippen MR) is 30.4 cm³/mol. The standard InChI is InChI=1S/C6H7FN/c1-5-6(7)3-2-4-8-5/h2-4,8H,1H3. The van der Waals surface area contributed by atoms with Crippen LogP contribution in [0.2, 0.25) is 0 Å². The van der Waals surface area contributed by atoms with Crippen molar-refractivity contribution in [2.45, 2.75) is 6.92 Å². The van der Waals surface area contributed by atoms with E-state index in [4.69, 9.17) is 0 Å². The number of halogens is 1. The molecule has 0 saturated heterocycles. The average molecular weight is 112 g/mol. The molecule has 0 aromatic rings. The van der Waals surface area contributed by atoms with Crippen molar-refractivity contribution < 1.29 is 4.39 Å². The first kappa shape index (κ1) is 5.35. The van der Waals surface area contributed by atoms with Crippen LogP contribution in [0.4, 0.5) is 4.39 Å². The summed E-state index contributed by atoms with van der Waals surface area (Å²) in [5, 5.41) is 2.72. The monoisotopic (exact) mass is 112 g/mol. The predicted octanol–water partition coefficient (Wildman–Crippen LogP) is 1.51. The Kier molecular flexibility index (Phi) is 1.33. The van der Waals surface area contributed by atoms with E-state index in [0.717, 1.165) is 0 Å². The van der Waals surface area contributed by atoms with Gasteiger partial charge in [-0.15, -0.1) is 0 Å². The molecule has 0 spiro atoms. The third-order valence-electron chi connectivity index (χ3n) is 0.997. The second-order valence-electron chi connectivity index (χ2n) is 1.64. The normalized spacial score (nSPS) is 20.0. The van der Waals surface area contributed by atoms with Crippen LogP contribution in [0.1, 0.15) is 6.92 Å². The molecule has 0 fully saturated rings. The Morgan fingerprint density at radius 3 is 2.75 bits per heavy atom. The third kappa shape index (κ3) is 0.886. The molecule has 43 valence electrons. The topological polar surface area (TPSA) is 12.0 Å². The fourth-order valence-corrected chi connectivity index (χ4v) is 0.500. The Morgan fingerprint density at radius 1 is 1.62 bits per heavy atom. The van der Waals surface area contributed by atoms with Crippen molar-refractivity contribution in [3.63, 3.8) is 0 Å². The highest BCUT2D eigenvalue weighted by atomic mass is 19.1. The Labute approximate surface area is 47.9 Å². The second kappa shape index (κ2) is 1.99. The number of hydrogen-bond donors (Lipinski definition) is 1. The van der Waals surface area contributed by atoms with Gasteiger partial charge in [-0.05, 0) is 25.3 Å². The molecule has 1 rings (SSSR count). The summed E-state index contributed by atoms with van der Waals surface area (Å²) in [7, 11) is 0. The minimum Gasteiger partial charge on any atom is -0.377 e. The molecule has 0 aromatic heterocycles. The molecule has 0 atom stereocenters. The Bertz CT molecular complexity index is 137. The lowest BCUT2D eigenvalue weighted by molar-refractivity contribution is 0.591. The molecule has 1 N–H and O–H groups in total. The van der Waals surface area contributed by atoms with Crippen LogP contribution in [0.25, 0.3) is 0 Å². The molecule has 1 radical (unpaired) electrons. The zero-order chi connectivity index (χ0) is 5.98. The molecule has 1 aliphatic heterocycles. The van der Waals surface area contributed by atoms with Crippen molar-refractivity contribution in [1.29, 1.82) is 0 Å². The highest BCUT2D eigenvalue weighted by Crippen LogP contribution is 2.13. The van der Waals surface area contributed by atoms with E-state index < -0.39 is 0 Å². The van der Waals surface area contributed by atoms with Crippen molar-refractivity contribution in [3.05, 3.63) is 30.2 Å². The lowest BCUT2D eigenvalue weighted by atomic mass is 10.2. The molecule has 0 bridgehead atoms. The first-order valence-corrected chi connectivity index (χ1v) is 2.43. The molecule has 8 heavy (non-hydrogen) atoms. The fourth-order valence-electron chi connectivity index (χ4n) is 0.500. The summed E-state index contributed by atoms with van der Waals surface area (Å²) in [6, 6.07) is 0.576. The van der Waals surface area contributed by atoms with Crippen molar-refractivity contribution >= 4 is 0 Å². The van der Waals surface area contributed by atoms with Gasteiger partial charge in [0.2, 0.25) is 0 Å². The Balaban J connectivity index is 2.66. The van der Waals surface area contributed by atoms with Crippen LogP contribution in [-0.2, 0) is 0 Å². The number of allylic oxidation sites excluding steroid dienone is 2. The molecular weight excluding hydrogens is 105 g/mol. The van der Waals surface area contributed by atoms with E-state index in [-0.39, 0.29) is 5.83 Å². The first-order valence-electron chi connectivity index (χ1n) is 2.43. The van der Waals surface area contributed by atoms with Crippen molar-refractivity contribution in [3.8, 4) is 0 Å². The van der Waals surface area contributed by atoms with Crippen LogP contribution in [-0.4, -0.2) is 0 Å². The quantitative estimate of drug-likeness (QED) is 0.500. The van der Waals surface area contributed by atoms with E-state index in [2.05, 4.69) is 5.32 Å². The van der Waals surface area contributed by atoms with Gasteiger partial charge < -0.3 is 5.32 Å². The molecule has 1 aliphatic rings. The van der Waals surface area contributed by atoms with Gasteiger partial charge in [0.15, 0.2) is 0 Å². The Hall–Kier alpha value is -0.790. The summed E-state index contributed by atoms with van der Waals surface area (Å²) in [5.41, 5.74) is 0. The smallest absolute Gasteiger partial charge is 0.128 e. The maximum absolute atomic E-state index is 12.3. The SMILES string of the molecule is C[C]1NC=CC=C1F. The van der Waals surface area contributed by atoms with Gasteiger partial charge in [0.1, 0.15) is 11.9 Å². The first-order chi connectivity index (χ1) is 3.80. The fraction of sp³-hybridized carbons (Fsp3) is 0.167. The maximum Gasteiger partial charge on any atom is 0.128 e. The highest BCUT2D eigenvalue weighted by molar-refractivity contribution is 5.24. The molecular formula is C6H7FN. The van der Waals surface area contributed by atoms with Gasteiger partial charge in [-0.1, -0.05) is 0 Å². The van der Waals surface area contributed by atoms with Crippen molar-refractivity contribution in [2.75, 3.05) is 0 Å². The molecule has 1 nitrogen and oxygen atoms in total. The van der Waals surface area contributed by atoms with Crippen LogP contribution in [0.15, 0.2) is 24.2 Å². The highest BCUT2D eigenvalue weighted by Gasteiger charge is 2.07. The van der Waals surface area contributed by atoms with Gasteiger partial charge in [0, 0.05) is 0 Å². The molecule has 2 heteroatoms. The van der Waals surface area contributed by atoms with E-state index in [1.807, 2.05) is 0 Å². The summed E-state index contributed by atoms with van der Waals surface area (Å²) in [6.45, 7) is 1.69. The molecule has 0 aliphatic carbocycles. The number of rotatable bonds is 0. The average Bonchev–Trinajstić information content (AvgIpc) is 1.77. The van der Waals surface area contributed by atoms with Crippen LogP contribution < -0.4 is 5.32 Å². The van der Waals surface area contributed by atoms with Crippen molar-refractivity contribution in [2.24, 2.45) is 0 Å². The molecule has 0 unspecified atom stereocenters. The summed E-state index contributed by atoms with van der Waals surface area (Å²) < 4.78 is 12.3. The second-order valence-corrected chi connectivity index (χ2v) is 1.64. The minimum atomic E-state index is -0.187. The van der Waals surface area contributed by atoms with Gasteiger partial charge in [-0.3, -0.25) is 0 Å². The molecule has 0 amide bonds. The number of hydrogen-bond acceptors (Lipinski definition) is 1. The van der Waals surface area contributed by atoms with E-state index in [9.17, 15) is 4.39 Å². The van der Waals surface area contributed by atoms with E-state index in [1.54, 1.807) is 19.2 Å². The Morgan fingerprint density at radius 2 is 2.38 bits per heavy atom. The molecule has 1 heterocycles. The summed E-state index contributed by atoms with van der Waals surface area (Å²) in [6.07, 6.45) is 4.74. The third-order valence-corrected chi connectivity index (χ3v) is 0.997. The van der Waals surface area contributed by atoms with E-state index in [0.29, 0.717) is 6.04 Å². The summed E-state index contributed by atoms with van der Waals surface area (Å²) in [4.78, 5) is 0. The van der Waals surface area contributed by atoms with Crippen LogP contribution >= 0.6 is 0 Å². The lowest BCUT2D eigenvalue weighted by Gasteiger charge is -2.09. The van der Waals surface area contributed by atoms with Gasteiger partial charge in [0.25, 0.3) is 0 Å². The zero-order valence-corrected chi connectivity index (χ0v) is 4.61. The zero-order valence-electron chi connectivity index (χ0n) is 4.61. The van der Waals surface area contributed by atoms with E-state index in [1.165, 1.54) is 6.08 Å². The summed E-state index contributed by atoms with van der Waals surface area (Å²) in [5.74, 6) is -0.187. The molecule has 0 saturated carbocycles. The van der Waals surface area contributed by atoms with Gasteiger partial charge in [-0.25, -0.2) is 4.39 Å². The summed E-state index contributed by atoms with van der Waals surface area (Å²) >= 11 is 0. The van der Waals surface area contributed by atoms with Gasteiger partial charge >= 0.3 is 0 Å². The van der Waals surface area contributed by atoms with Gasteiger partial charge in [0.05, 0.1) is 0 Å². The van der Waals surface area contributed by atoms with Crippen LogP contribution in [0.3, 0.4) is 0 Å².